The molecule has 3 amide bonds. The van der Waals surface area contributed by atoms with E-state index in [2.05, 4.69) is 10.6 Å². The Morgan fingerprint density at radius 3 is 2.53 bits per heavy atom. The Kier molecular flexibility index (Phi) is 7.39. The largest absolute Gasteiger partial charge is 0.352 e. The second-order valence-electron chi connectivity index (χ2n) is 7.18. The standard InChI is InChI=1S/C22H24ClN3O3S/c1-14-3-8-18(11-15(14)2)25-22(29)19-12-30-13-26(19)20(27)9-10-24-21(28)16-4-6-17(23)7-5-16/h3-8,11,19H,9-10,12-13H2,1-2H3,(H,24,28)(H,25,29). The Morgan fingerprint density at radius 1 is 1.10 bits per heavy atom. The number of nitrogens with one attached hydrogen (secondary N) is 2. The van der Waals surface area contributed by atoms with Gasteiger partial charge in [0, 0.05) is 35.0 Å². The second-order valence-corrected chi connectivity index (χ2v) is 8.62. The van der Waals surface area contributed by atoms with Gasteiger partial charge in [-0.3, -0.25) is 14.4 Å². The number of nitrogens with zero attached hydrogens (tertiary/aromatic N) is 1. The zero-order chi connectivity index (χ0) is 21.7. The lowest BCUT2D eigenvalue weighted by Gasteiger charge is -2.23. The van der Waals surface area contributed by atoms with Crippen LogP contribution in [0.3, 0.4) is 0 Å². The van der Waals surface area contributed by atoms with E-state index in [4.69, 9.17) is 11.6 Å². The van der Waals surface area contributed by atoms with Crippen molar-refractivity contribution in [2.24, 2.45) is 0 Å². The molecule has 8 heteroatoms. The van der Waals surface area contributed by atoms with E-state index in [9.17, 15) is 14.4 Å². The third-order valence-corrected chi connectivity index (χ3v) is 6.27. The SMILES string of the molecule is Cc1ccc(NC(=O)C2CSCN2C(=O)CCNC(=O)c2ccc(Cl)cc2)cc1C. The van der Waals surface area contributed by atoms with E-state index in [1.165, 1.54) is 0 Å². The number of amides is 3. The van der Waals surface area contributed by atoms with Gasteiger partial charge < -0.3 is 15.5 Å². The summed E-state index contributed by atoms with van der Waals surface area (Å²) in [4.78, 5) is 39.1. The van der Waals surface area contributed by atoms with E-state index in [1.807, 2.05) is 32.0 Å². The molecule has 0 saturated carbocycles. The number of benzene rings is 2. The number of aryl methyl sites for hydroxylation is 2. The first-order valence-electron chi connectivity index (χ1n) is 9.64. The number of hydrogen-bond donors (Lipinski definition) is 2. The molecule has 1 fully saturated rings. The van der Waals surface area contributed by atoms with Crippen LogP contribution < -0.4 is 10.6 Å². The van der Waals surface area contributed by atoms with Crippen molar-refractivity contribution in [2.75, 3.05) is 23.5 Å². The lowest BCUT2D eigenvalue weighted by molar-refractivity contribution is -0.136. The van der Waals surface area contributed by atoms with Crippen molar-refractivity contribution in [3.05, 3.63) is 64.2 Å². The Hall–Kier alpha value is -2.51. The highest BCUT2D eigenvalue weighted by Crippen LogP contribution is 2.23. The van der Waals surface area contributed by atoms with Gasteiger partial charge >= 0.3 is 0 Å². The highest BCUT2D eigenvalue weighted by Gasteiger charge is 2.34. The highest BCUT2D eigenvalue weighted by molar-refractivity contribution is 7.99. The molecule has 1 heterocycles. The van der Waals surface area contributed by atoms with E-state index in [1.54, 1.807) is 40.9 Å². The Morgan fingerprint density at radius 2 is 1.83 bits per heavy atom. The number of hydrogen-bond acceptors (Lipinski definition) is 4. The van der Waals surface area contributed by atoms with Gasteiger partial charge in [-0.15, -0.1) is 11.8 Å². The number of anilines is 1. The lowest BCUT2D eigenvalue weighted by atomic mass is 10.1. The lowest BCUT2D eigenvalue weighted by Crippen LogP contribution is -2.45. The van der Waals surface area contributed by atoms with Gasteiger partial charge in [0.15, 0.2) is 0 Å². The van der Waals surface area contributed by atoms with Crippen molar-refractivity contribution >= 4 is 46.8 Å². The molecular formula is C22H24ClN3O3S. The molecule has 0 aliphatic carbocycles. The maximum absolute atomic E-state index is 12.7. The smallest absolute Gasteiger partial charge is 0.251 e. The van der Waals surface area contributed by atoms with Crippen molar-refractivity contribution in [1.82, 2.24) is 10.2 Å². The number of thioether (sulfide) groups is 1. The minimum Gasteiger partial charge on any atom is -0.352 e. The van der Waals surface area contributed by atoms with Crippen LogP contribution in [0.1, 0.15) is 27.9 Å². The summed E-state index contributed by atoms with van der Waals surface area (Å²) in [5, 5.41) is 6.20. The van der Waals surface area contributed by atoms with Gasteiger partial charge in [-0.2, -0.15) is 0 Å². The fourth-order valence-electron chi connectivity index (χ4n) is 3.08. The zero-order valence-corrected chi connectivity index (χ0v) is 18.5. The van der Waals surface area contributed by atoms with Crippen molar-refractivity contribution in [2.45, 2.75) is 26.3 Å². The van der Waals surface area contributed by atoms with E-state index in [0.717, 1.165) is 16.8 Å². The van der Waals surface area contributed by atoms with Gasteiger partial charge in [-0.25, -0.2) is 0 Å². The monoisotopic (exact) mass is 445 g/mol. The van der Waals surface area contributed by atoms with Crippen LogP contribution >= 0.6 is 23.4 Å². The maximum atomic E-state index is 12.7. The average Bonchev–Trinajstić information content (AvgIpc) is 3.21. The molecule has 1 aliphatic rings. The van der Waals surface area contributed by atoms with Crippen molar-refractivity contribution in [3.63, 3.8) is 0 Å². The van der Waals surface area contributed by atoms with Gasteiger partial charge in [0.05, 0.1) is 5.88 Å². The van der Waals surface area contributed by atoms with Crippen LogP contribution in [0.2, 0.25) is 5.02 Å². The molecule has 0 radical (unpaired) electrons. The Bertz CT molecular complexity index is 949. The third kappa shape index (κ3) is 5.55. The first kappa shape index (κ1) is 22.2. The molecule has 0 spiro atoms. The normalized spacial score (nSPS) is 15.7. The summed E-state index contributed by atoms with van der Waals surface area (Å²) in [5.74, 6) is 0.409. The van der Waals surface area contributed by atoms with Crippen molar-refractivity contribution in [1.29, 1.82) is 0 Å². The summed E-state index contributed by atoms with van der Waals surface area (Å²) in [6.45, 7) is 4.21. The van der Waals surface area contributed by atoms with Crippen LogP contribution in [0.25, 0.3) is 0 Å². The molecule has 158 valence electrons. The van der Waals surface area contributed by atoms with Crippen molar-refractivity contribution < 1.29 is 14.4 Å². The molecule has 2 N–H and O–H groups in total. The molecule has 0 aromatic heterocycles. The molecule has 1 aliphatic heterocycles. The minimum atomic E-state index is -0.518. The Labute approximate surface area is 185 Å². The third-order valence-electron chi connectivity index (χ3n) is 5.01. The first-order valence-corrected chi connectivity index (χ1v) is 11.2. The topological polar surface area (TPSA) is 78.5 Å². The molecular weight excluding hydrogens is 422 g/mol. The van der Waals surface area contributed by atoms with E-state index >= 15 is 0 Å². The van der Waals surface area contributed by atoms with E-state index in [-0.39, 0.29) is 30.7 Å². The summed E-state index contributed by atoms with van der Waals surface area (Å²) < 4.78 is 0. The quantitative estimate of drug-likeness (QED) is 0.711. The van der Waals surface area contributed by atoms with Crippen LogP contribution in [0.4, 0.5) is 5.69 Å². The summed E-state index contributed by atoms with van der Waals surface area (Å²) >= 11 is 7.37. The van der Waals surface area contributed by atoms with Gasteiger partial charge in [0.1, 0.15) is 6.04 Å². The van der Waals surface area contributed by atoms with Crippen molar-refractivity contribution in [3.8, 4) is 0 Å². The summed E-state index contributed by atoms with van der Waals surface area (Å²) in [6, 6.07) is 11.8. The van der Waals surface area contributed by atoms with Gasteiger partial charge in [-0.1, -0.05) is 17.7 Å². The highest BCUT2D eigenvalue weighted by atomic mass is 35.5. The van der Waals surface area contributed by atoms with E-state index in [0.29, 0.717) is 22.2 Å². The Balaban J connectivity index is 1.52. The minimum absolute atomic E-state index is 0.132. The zero-order valence-electron chi connectivity index (χ0n) is 16.9. The molecule has 30 heavy (non-hydrogen) atoms. The predicted octanol–water partition coefficient (Wildman–Crippen LogP) is 3.62. The summed E-state index contributed by atoms with van der Waals surface area (Å²) in [7, 11) is 0. The molecule has 2 aromatic carbocycles. The van der Waals surface area contributed by atoms with Crippen LogP contribution in [0.5, 0.6) is 0 Å². The van der Waals surface area contributed by atoms with Crippen LogP contribution in [-0.4, -0.2) is 46.8 Å². The average molecular weight is 446 g/mol. The molecule has 0 bridgehead atoms. The molecule has 6 nitrogen and oxygen atoms in total. The summed E-state index contributed by atoms with van der Waals surface area (Å²) in [5.41, 5.74) is 3.46. The molecule has 3 rings (SSSR count). The second kappa shape index (κ2) is 10.00. The molecule has 2 aromatic rings. The van der Waals surface area contributed by atoms with E-state index < -0.39 is 6.04 Å². The van der Waals surface area contributed by atoms with Gasteiger partial charge in [0.2, 0.25) is 11.8 Å². The number of carbonyl (C=O) groups excluding carboxylic acids is 3. The van der Waals surface area contributed by atoms with Gasteiger partial charge in [-0.05, 0) is 61.4 Å². The fourth-order valence-corrected chi connectivity index (χ4v) is 4.39. The first-order chi connectivity index (χ1) is 14.3. The number of halogens is 1. The summed E-state index contributed by atoms with van der Waals surface area (Å²) in [6.07, 6.45) is 0.132. The maximum Gasteiger partial charge on any atom is 0.251 e. The number of carbonyl (C=O) groups is 3. The number of rotatable bonds is 6. The van der Waals surface area contributed by atoms with Gasteiger partial charge in [0.25, 0.3) is 5.91 Å². The van der Waals surface area contributed by atoms with Crippen LogP contribution in [0, 0.1) is 13.8 Å². The molecule has 1 saturated heterocycles. The predicted molar refractivity (Wildman–Crippen MR) is 121 cm³/mol. The van der Waals surface area contributed by atoms with Crippen LogP contribution in [-0.2, 0) is 9.59 Å². The van der Waals surface area contributed by atoms with Crippen LogP contribution in [0.15, 0.2) is 42.5 Å². The molecule has 1 unspecified atom stereocenters. The molecule has 1 atom stereocenters. The fraction of sp³-hybridized carbons (Fsp3) is 0.318.